The highest BCUT2D eigenvalue weighted by Crippen LogP contribution is 2.33. The maximum atomic E-state index is 12.4. The topological polar surface area (TPSA) is 97.7 Å². The van der Waals surface area contributed by atoms with Gasteiger partial charge in [0.15, 0.2) is 9.84 Å². The predicted octanol–water partition coefficient (Wildman–Crippen LogP) is 2.99. The number of carboxylic acids is 1. The molecule has 1 aromatic heterocycles. The van der Waals surface area contributed by atoms with Crippen molar-refractivity contribution in [1.82, 2.24) is 0 Å². The molecular formula is C18H18O6S2. The zero-order chi connectivity index (χ0) is 19.3. The molecule has 0 aliphatic carbocycles. The molecular weight excluding hydrogens is 376 g/mol. The van der Waals surface area contributed by atoms with Gasteiger partial charge < -0.3 is 9.84 Å². The maximum absolute atomic E-state index is 12.4. The van der Waals surface area contributed by atoms with Crippen molar-refractivity contribution in [3.63, 3.8) is 0 Å². The van der Waals surface area contributed by atoms with Gasteiger partial charge in [0.2, 0.25) is 0 Å². The third kappa shape index (κ3) is 4.80. The van der Waals surface area contributed by atoms with Gasteiger partial charge >= 0.3 is 11.9 Å². The number of aliphatic carboxylic acids is 1. The van der Waals surface area contributed by atoms with E-state index in [1.807, 2.05) is 5.38 Å². The molecule has 0 radical (unpaired) electrons. The van der Waals surface area contributed by atoms with Crippen LogP contribution in [0.4, 0.5) is 0 Å². The first-order chi connectivity index (χ1) is 12.2. The monoisotopic (exact) mass is 394 g/mol. The van der Waals surface area contributed by atoms with Gasteiger partial charge in [0, 0.05) is 16.7 Å². The third-order valence-electron chi connectivity index (χ3n) is 3.49. The quantitative estimate of drug-likeness (QED) is 0.573. The minimum absolute atomic E-state index is 0.0221. The number of benzene rings is 1. The lowest BCUT2D eigenvalue weighted by Gasteiger charge is -2.13. The van der Waals surface area contributed by atoms with Crippen molar-refractivity contribution in [2.75, 3.05) is 12.9 Å². The van der Waals surface area contributed by atoms with Crippen LogP contribution in [0.3, 0.4) is 0 Å². The van der Waals surface area contributed by atoms with E-state index in [9.17, 15) is 23.1 Å². The van der Waals surface area contributed by atoms with Crippen LogP contribution in [0.2, 0.25) is 0 Å². The van der Waals surface area contributed by atoms with Crippen LogP contribution in [0.25, 0.3) is 5.57 Å². The van der Waals surface area contributed by atoms with Crippen molar-refractivity contribution >= 4 is 38.7 Å². The number of sulfone groups is 1. The van der Waals surface area contributed by atoms with E-state index in [1.165, 1.54) is 23.5 Å². The minimum Gasteiger partial charge on any atom is -0.481 e. The lowest BCUT2D eigenvalue weighted by atomic mass is 9.96. The fourth-order valence-corrected chi connectivity index (χ4v) is 3.84. The Balaban J connectivity index is 2.68. The molecule has 0 saturated carbocycles. The normalized spacial score (nSPS) is 12.4. The van der Waals surface area contributed by atoms with Crippen LogP contribution in [-0.2, 0) is 24.2 Å². The summed E-state index contributed by atoms with van der Waals surface area (Å²) in [5.41, 5.74) is 0.999. The highest BCUT2D eigenvalue weighted by atomic mass is 32.2. The van der Waals surface area contributed by atoms with E-state index in [-0.39, 0.29) is 17.1 Å². The fourth-order valence-electron chi connectivity index (χ4n) is 2.39. The number of hydrogen-bond donors (Lipinski definition) is 1. The molecule has 1 heterocycles. The molecule has 8 heteroatoms. The van der Waals surface area contributed by atoms with Gasteiger partial charge in [-0.2, -0.15) is 0 Å². The lowest BCUT2D eigenvalue weighted by molar-refractivity contribution is -0.142. The van der Waals surface area contributed by atoms with Crippen LogP contribution in [0, 0.1) is 0 Å². The number of hydrogen-bond acceptors (Lipinski definition) is 6. The van der Waals surface area contributed by atoms with E-state index in [0.717, 1.165) is 6.26 Å². The number of thiophene rings is 1. The van der Waals surface area contributed by atoms with Crippen molar-refractivity contribution in [3.8, 4) is 0 Å². The first kappa shape index (κ1) is 19.9. The molecule has 26 heavy (non-hydrogen) atoms. The summed E-state index contributed by atoms with van der Waals surface area (Å²) in [6.07, 6.45) is 0.604. The van der Waals surface area contributed by atoms with Crippen LogP contribution >= 0.6 is 11.3 Å². The number of carboxylic acid groups (broad SMARTS) is 1. The van der Waals surface area contributed by atoms with Gasteiger partial charge in [-0.15, -0.1) is 11.3 Å². The SMILES string of the molecule is CCOC(=O)/C(CC(=O)O)=C(/c1ccc(S(C)(=O)=O)cc1)c1cccs1. The smallest absolute Gasteiger partial charge is 0.335 e. The number of rotatable bonds is 7. The molecule has 1 N–H and O–H groups in total. The maximum Gasteiger partial charge on any atom is 0.335 e. The summed E-state index contributed by atoms with van der Waals surface area (Å²) in [5.74, 6) is -1.86. The number of carbonyl (C=O) groups excluding carboxylic acids is 1. The van der Waals surface area contributed by atoms with Crippen molar-refractivity contribution in [2.24, 2.45) is 0 Å². The zero-order valence-electron chi connectivity index (χ0n) is 14.3. The molecule has 0 aliphatic heterocycles. The third-order valence-corrected chi connectivity index (χ3v) is 5.51. The van der Waals surface area contributed by atoms with Crippen molar-refractivity contribution < 1.29 is 27.9 Å². The average molecular weight is 394 g/mol. The zero-order valence-corrected chi connectivity index (χ0v) is 15.9. The highest BCUT2D eigenvalue weighted by Gasteiger charge is 2.23. The molecule has 6 nitrogen and oxygen atoms in total. The second kappa shape index (κ2) is 8.29. The van der Waals surface area contributed by atoms with Crippen LogP contribution in [0.15, 0.2) is 52.2 Å². The first-order valence-corrected chi connectivity index (χ1v) is 10.5. The standard InChI is InChI=1S/C18H18O6S2/c1-3-24-18(21)14(11-16(19)20)17(15-5-4-10-25-15)12-6-8-13(9-7-12)26(2,22)23/h4-10H,3,11H2,1-2H3,(H,19,20)/b17-14-. The van der Waals surface area contributed by atoms with E-state index in [1.54, 1.807) is 31.2 Å². The number of esters is 1. The molecule has 138 valence electrons. The Hall–Kier alpha value is -2.45. The van der Waals surface area contributed by atoms with Crippen LogP contribution in [-0.4, -0.2) is 38.3 Å². The van der Waals surface area contributed by atoms with Gasteiger partial charge in [0.25, 0.3) is 0 Å². The summed E-state index contributed by atoms with van der Waals surface area (Å²) < 4.78 is 28.3. The highest BCUT2D eigenvalue weighted by molar-refractivity contribution is 7.90. The second-order valence-electron chi connectivity index (χ2n) is 5.42. The summed E-state index contributed by atoms with van der Waals surface area (Å²) >= 11 is 1.35. The van der Waals surface area contributed by atoms with Crippen LogP contribution in [0.5, 0.6) is 0 Å². The molecule has 0 saturated heterocycles. The largest absolute Gasteiger partial charge is 0.481 e. The Morgan fingerprint density at radius 1 is 1.15 bits per heavy atom. The first-order valence-electron chi connectivity index (χ1n) is 7.70. The fraction of sp³-hybridized carbons (Fsp3) is 0.222. The van der Waals surface area contributed by atoms with Gasteiger partial charge in [-0.3, -0.25) is 4.79 Å². The van der Waals surface area contributed by atoms with Crippen molar-refractivity contribution in [3.05, 3.63) is 57.8 Å². The van der Waals surface area contributed by atoms with E-state index >= 15 is 0 Å². The van der Waals surface area contributed by atoms with E-state index < -0.39 is 28.2 Å². The van der Waals surface area contributed by atoms with Gasteiger partial charge in [0.1, 0.15) is 0 Å². The molecule has 2 aromatic rings. The Kier molecular flexibility index (Phi) is 6.33. The molecule has 1 aromatic carbocycles. The van der Waals surface area contributed by atoms with E-state index in [2.05, 4.69) is 0 Å². The van der Waals surface area contributed by atoms with Gasteiger partial charge in [0.05, 0.1) is 23.5 Å². The van der Waals surface area contributed by atoms with E-state index in [4.69, 9.17) is 4.74 Å². The summed E-state index contributed by atoms with van der Waals surface area (Å²) in [6.45, 7) is 1.76. The average Bonchev–Trinajstić information content (AvgIpc) is 3.08. The summed E-state index contributed by atoms with van der Waals surface area (Å²) in [4.78, 5) is 24.5. The lowest BCUT2D eigenvalue weighted by Crippen LogP contribution is -2.14. The van der Waals surface area contributed by atoms with Gasteiger partial charge in [-0.05, 0) is 36.1 Å². The summed E-state index contributed by atoms with van der Waals surface area (Å²) in [5, 5.41) is 11.0. The molecule has 0 atom stereocenters. The second-order valence-corrected chi connectivity index (χ2v) is 8.38. The Labute approximate surface area is 155 Å². The van der Waals surface area contributed by atoms with Gasteiger partial charge in [-0.1, -0.05) is 18.2 Å². The van der Waals surface area contributed by atoms with Crippen LogP contribution < -0.4 is 0 Å². The van der Waals surface area contributed by atoms with E-state index in [0.29, 0.717) is 16.0 Å². The van der Waals surface area contributed by atoms with Crippen molar-refractivity contribution in [1.29, 1.82) is 0 Å². The Bertz CT molecular complexity index is 923. The van der Waals surface area contributed by atoms with Crippen LogP contribution in [0.1, 0.15) is 23.8 Å². The van der Waals surface area contributed by atoms with Gasteiger partial charge in [-0.25, -0.2) is 13.2 Å². The van der Waals surface area contributed by atoms with Crippen molar-refractivity contribution in [2.45, 2.75) is 18.2 Å². The molecule has 0 spiro atoms. The minimum atomic E-state index is -3.36. The molecule has 2 rings (SSSR count). The summed E-state index contributed by atoms with van der Waals surface area (Å²) in [6, 6.07) is 9.54. The summed E-state index contributed by atoms with van der Waals surface area (Å²) in [7, 11) is -3.36. The number of ether oxygens (including phenoxy) is 1. The molecule has 0 bridgehead atoms. The molecule has 0 fully saturated rings. The molecule has 0 unspecified atom stereocenters. The molecule has 0 amide bonds. The Morgan fingerprint density at radius 2 is 1.81 bits per heavy atom. The number of carbonyl (C=O) groups is 2. The molecule has 0 aliphatic rings. The Morgan fingerprint density at radius 3 is 2.27 bits per heavy atom. The predicted molar refractivity (Wildman–Crippen MR) is 98.8 cm³/mol.